The summed E-state index contributed by atoms with van der Waals surface area (Å²) in [6, 6.07) is 10.9. The van der Waals surface area contributed by atoms with Gasteiger partial charge in [-0.2, -0.15) is 4.31 Å². The molecule has 0 spiro atoms. The Balaban J connectivity index is 1.74. The van der Waals surface area contributed by atoms with Crippen molar-refractivity contribution in [2.75, 3.05) is 4.90 Å². The van der Waals surface area contributed by atoms with Gasteiger partial charge in [-0.05, 0) is 60.2 Å². The van der Waals surface area contributed by atoms with Crippen molar-refractivity contribution < 1.29 is 26.8 Å². The number of rotatable bonds is 6. The fourth-order valence-corrected chi connectivity index (χ4v) is 5.05. The summed E-state index contributed by atoms with van der Waals surface area (Å²) in [6.45, 7) is -0.228. The van der Waals surface area contributed by atoms with Gasteiger partial charge in [0.25, 0.3) is 5.91 Å². The average Bonchev–Trinajstić information content (AvgIpc) is 3.07. The number of imide groups is 1. The molecule has 0 radical (unpaired) electrons. The SMILES string of the molecule is O=C1CC(N(Cc2cccnc2)S(=O)(=O)c2ccc(F)cc2)C(=O)N1c1ccc(F)cc1. The predicted molar refractivity (Wildman–Crippen MR) is 111 cm³/mol. The third-order valence-electron chi connectivity index (χ3n) is 5.04. The van der Waals surface area contributed by atoms with Crippen molar-refractivity contribution in [1.29, 1.82) is 0 Å². The largest absolute Gasteiger partial charge is 0.274 e. The van der Waals surface area contributed by atoms with Gasteiger partial charge in [-0.25, -0.2) is 22.1 Å². The Hall–Kier alpha value is -3.50. The summed E-state index contributed by atoms with van der Waals surface area (Å²) < 4.78 is 54.4. The number of amides is 2. The van der Waals surface area contributed by atoms with Crippen LogP contribution in [0.25, 0.3) is 0 Å². The van der Waals surface area contributed by atoms with Crippen molar-refractivity contribution in [2.24, 2.45) is 0 Å². The number of aromatic nitrogens is 1. The molecule has 10 heteroatoms. The molecule has 7 nitrogen and oxygen atoms in total. The third-order valence-corrected chi connectivity index (χ3v) is 6.91. The molecular formula is C22H17F2N3O4S. The van der Waals surface area contributed by atoms with E-state index in [0.29, 0.717) is 5.56 Å². The number of carbonyl (C=O) groups is 2. The van der Waals surface area contributed by atoms with Crippen LogP contribution in [0.1, 0.15) is 12.0 Å². The lowest BCUT2D eigenvalue weighted by Crippen LogP contribution is -2.45. The van der Waals surface area contributed by atoms with Crippen molar-refractivity contribution in [3.05, 3.63) is 90.3 Å². The highest BCUT2D eigenvalue weighted by atomic mass is 32.2. The second-order valence-electron chi connectivity index (χ2n) is 7.13. The molecule has 1 saturated heterocycles. The Morgan fingerprint density at radius 2 is 1.59 bits per heavy atom. The van der Waals surface area contributed by atoms with Crippen molar-refractivity contribution in [3.8, 4) is 0 Å². The maximum Gasteiger partial charge on any atom is 0.252 e. The number of halogens is 2. The minimum absolute atomic E-state index is 0.143. The fraction of sp³-hybridized carbons (Fsp3) is 0.136. The summed E-state index contributed by atoms with van der Waals surface area (Å²) in [5.41, 5.74) is 0.642. The molecule has 0 bridgehead atoms. The molecule has 0 aliphatic carbocycles. The number of pyridine rings is 1. The summed E-state index contributed by atoms with van der Waals surface area (Å²) in [5.74, 6) is -2.52. The molecule has 1 fully saturated rings. The van der Waals surface area contributed by atoms with Gasteiger partial charge in [-0.15, -0.1) is 0 Å². The van der Waals surface area contributed by atoms with Gasteiger partial charge in [0.05, 0.1) is 17.0 Å². The molecule has 1 atom stereocenters. The van der Waals surface area contributed by atoms with Crippen molar-refractivity contribution in [1.82, 2.24) is 9.29 Å². The third kappa shape index (κ3) is 4.14. The van der Waals surface area contributed by atoms with E-state index in [4.69, 9.17) is 0 Å². The topological polar surface area (TPSA) is 87.6 Å². The van der Waals surface area contributed by atoms with Gasteiger partial charge in [0.15, 0.2) is 0 Å². The summed E-state index contributed by atoms with van der Waals surface area (Å²) >= 11 is 0. The maximum absolute atomic E-state index is 13.4. The van der Waals surface area contributed by atoms with Gasteiger partial charge >= 0.3 is 0 Å². The molecule has 1 aliphatic heterocycles. The van der Waals surface area contributed by atoms with E-state index < -0.39 is 45.9 Å². The van der Waals surface area contributed by atoms with Gasteiger partial charge in [0.1, 0.15) is 17.7 Å². The molecule has 4 rings (SSSR count). The van der Waals surface area contributed by atoms with E-state index in [1.807, 2.05) is 0 Å². The van der Waals surface area contributed by atoms with E-state index >= 15 is 0 Å². The van der Waals surface area contributed by atoms with Crippen LogP contribution in [-0.4, -0.2) is 35.6 Å². The molecule has 1 aliphatic rings. The molecule has 164 valence electrons. The van der Waals surface area contributed by atoms with Crippen LogP contribution in [-0.2, 0) is 26.2 Å². The first kappa shape index (κ1) is 21.7. The van der Waals surface area contributed by atoms with E-state index in [-0.39, 0.29) is 17.1 Å². The molecule has 1 unspecified atom stereocenters. The number of benzene rings is 2. The predicted octanol–water partition coefficient (Wildman–Crippen LogP) is 2.88. The highest BCUT2D eigenvalue weighted by Gasteiger charge is 2.47. The van der Waals surface area contributed by atoms with Gasteiger partial charge < -0.3 is 0 Å². The zero-order valence-electron chi connectivity index (χ0n) is 16.6. The van der Waals surface area contributed by atoms with E-state index in [1.54, 1.807) is 12.1 Å². The number of sulfonamides is 1. The number of carbonyl (C=O) groups excluding carboxylic acids is 2. The highest BCUT2D eigenvalue weighted by Crippen LogP contribution is 2.30. The Morgan fingerprint density at radius 3 is 2.19 bits per heavy atom. The zero-order chi connectivity index (χ0) is 22.9. The molecule has 0 N–H and O–H groups in total. The van der Waals surface area contributed by atoms with Crippen molar-refractivity contribution in [3.63, 3.8) is 0 Å². The van der Waals surface area contributed by atoms with Crippen LogP contribution >= 0.6 is 0 Å². The summed E-state index contributed by atoms with van der Waals surface area (Å²) in [7, 11) is -4.29. The van der Waals surface area contributed by atoms with E-state index in [1.165, 1.54) is 24.5 Å². The van der Waals surface area contributed by atoms with Crippen LogP contribution in [0.2, 0.25) is 0 Å². The highest BCUT2D eigenvalue weighted by molar-refractivity contribution is 7.89. The molecule has 32 heavy (non-hydrogen) atoms. The van der Waals surface area contributed by atoms with Crippen LogP contribution in [0.3, 0.4) is 0 Å². The van der Waals surface area contributed by atoms with Crippen molar-refractivity contribution in [2.45, 2.75) is 23.9 Å². The average molecular weight is 457 g/mol. The smallest absolute Gasteiger partial charge is 0.252 e. The van der Waals surface area contributed by atoms with Gasteiger partial charge in [0.2, 0.25) is 15.9 Å². The van der Waals surface area contributed by atoms with Crippen molar-refractivity contribution >= 4 is 27.5 Å². The Morgan fingerprint density at radius 1 is 0.969 bits per heavy atom. The first-order valence-electron chi connectivity index (χ1n) is 9.56. The van der Waals surface area contributed by atoms with Crippen LogP contribution in [0, 0.1) is 11.6 Å². The molecule has 3 aromatic rings. The van der Waals surface area contributed by atoms with Crippen LogP contribution in [0.4, 0.5) is 14.5 Å². The Labute approximate surface area is 183 Å². The minimum Gasteiger partial charge on any atom is -0.274 e. The molecule has 1 aromatic heterocycles. The zero-order valence-corrected chi connectivity index (χ0v) is 17.4. The van der Waals surface area contributed by atoms with Gasteiger partial charge in [-0.1, -0.05) is 6.07 Å². The second kappa shape index (κ2) is 8.56. The normalized spacial score (nSPS) is 16.7. The monoisotopic (exact) mass is 457 g/mol. The number of nitrogens with zero attached hydrogens (tertiary/aromatic N) is 3. The lowest BCUT2D eigenvalue weighted by molar-refractivity contribution is -0.122. The standard InChI is InChI=1S/C22H17F2N3O4S/c23-16-3-7-18(8-4-16)27-21(28)12-20(22(27)29)26(14-15-2-1-11-25-13-15)32(30,31)19-9-5-17(24)6-10-19/h1-11,13,20H,12,14H2. The number of hydrogen-bond acceptors (Lipinski definition) is 5. The molecular weight excluding hydrogens is 440 g/mol. The quantitative estimate of drug-likeness (QED) is 0.531. The second-order valence-corrected chi connectivity index (χ2v) is 9.02. The lowest BCUT2D eigenvalue weighted by Gasteiger charge is -2.27. The summed E-state index contributed by atoms with van der Waals surface area (Å²) in [5, 5.41) is 0. The van der Waals surface area contributed by atoms with E-state index in [2.05, 4.69) is 4.98 Å². The Kier molecular flexibility index (Phi) is 5.81. The van der Waals surface area contributed by atoms with Crippen LogP contribution in [0.5, 0.6) is 0 Å². The lowest BCUT2D eigenvalue weighted by atomic mass is 10.2. The molecule has 2 amide bonds. The van der Waals surface area contributed by atoms with Crippen LogP contribution in [0.15, 0.2) is 78.0 Å². The molecule has 2 aromatic carbocycles. The maximum atomic E-state index is 13.4. The summed E-state index contributed by atoms with van der Waals surface area (Å²) in [6.07, 6.45) is 2.58. The Bertz CT molecular complexity index is 1250. The van der Waals surface area contributed by atoms with Gasteiger partial charge in [-0.3, -0.25) is 14.6 Å². The summed E-state index contributed by atoms with van der Waals surface area (Å²) in [4.78, 5) is 30.5. The minimum atomic E-state index is -4.29. The first-order chi connectivity index (χ1) is 15.3. The molecule has 2 heterocycles. The number of hydrogen-bond donors (Lipinski definition) is 0. The number of anilines is 1. The van der Waals surface area contributed by atoms with Gasteiger partial charge in [0, 0.05) is 18.9 Å². The van der Waals surface area contributed by atoms with Crippen LogP contribution < -0.4 is 4.90 Å². The molecule has 0 saturated carbocycles. The fourth-order valence-electron chi connectivity index (χ4n) is 3.48. The van der Waals surface area contributed by atoms with E-state index in [9.17, 15) is 26.8 Å². The first-order valence-corrected chi connectivity index (χ1v) is 11.0. The van der Waals surface area contributed by atoms with E-state index in [0.717, 1.165) is 45.6 Å².